The molecule has 0 radical (unpaired) electrons. The van der Waals surface area contributed by atoms with Crippen LogP contribution in [0.5, 0.6) is 0 Å². The molecule has 2 aromatic heterocycles. The Bertz CT molecular complexity index is 1000. The lowest BCUT2D eigenvalue weighted by Crippen LogP contribution is -2.23. The molecule has 0 saturated heterocycles. The van der Waals surface area contributed by atoms with E-state index in [0.717, 1.165) is 10.3 Å². The summed E-state index contributed by atoms with van der Waals surface area (Å²) < 4.78 is 7.07. The Balaban J connectivity index is 2.27. The average Bonchev–Trinajstić information content (AvgIpc) is 2.92. The second kappa shape index (κ2) is 5.81. The van der Waals surface area contributed by atoms with Crippen LogP contribution in [0.2, 0.25) is 0 Å². The maximum atomic E-state index is 12.6. The predicted molar refractivity (Wildman–Crippen MR) is 86.8 cm³/mol. The van der Waals surface area contributed by atoms with Crippen LogP contribution in [0.1, 0.15) is 29.8 Å². The third-order valence-electron chi connectivity index (χ3n) is 3.39. The molecule has 0 aliphatic rings. The number of hydrogen-bond acceptors (Lipinski definition) is 7. The number of rotatable bonds is 3. The molecule has 0 fully saturated rings. The van der Waals surface area contributed by atoms with E-state index in [2.05, 4.69) is 10.1 Å². The van der Waals surface area contributed by atoms with Crippen molar-refractivity contribution in [3.63, 3.8) is 0 Å². The zero-order chi connectivity index (χ0) is 16.6. The molecule has 0 unspecified atom stereocenters. The maximum Gasteiger partial charge on any atom is 0.345 e. The molecular formula is C15H13N3O4S. The van der Waals surface area contributed by atoms with Gasteiger partial charge in [-0.15, -0.1) is 0 Å². The quantitative estimate of drug-likeness (QED) is 0.344. The fourth-order valence-corrected chi connectivity index (χ4v) is 3.26. The SMILES string of the molecule is CCOC(=O)c1cnc2sc3cc(/C(C)=N\O)ccc3n2c1=O. The highest BCUT2D eigenvalue weighted by molar-refractivity contribution is 7.23. The van der Waals surface area contributed by atoms with E-state index in [-0.39, 0.29) is 12.2 Å². The topological polar surface area (TPSA) is 93.3 Å². The lowest BCUT2D eigenvalue weighted by atomic mass is 10.1. The summed E-state index contributed by atoms with van der Waals surface area (Å²) in [6.07, 6.45) is 1.24. The van der Waals surface area contributed by atoms with Gasteiger partial charge in [0.25, 0.3) is 5.56 Å². The molecule has 2 heterocycles. The average molecular weight is 331 g/mol. The van der Waals surface area contributed by atoms with Gasteiger partial charge in [0, 0.05) is 5.56 Å². The lowest BCUT2D eigenvalue weighted by molar-refractivity contribution is 0.0523. The van der Waals surface area contributed by atoms with Gasteiger partial charge in [-0.1, -0.05) is 22.6 Å². The summed E-state index contributed by atoms with van der Waals surface area (Å²) in [5.74, 6) is -0.682. The van der Waals surface area contributed by atoms with Crippen LogP contribution in [0.25, 0.3) is 15.2 Å². The molecule has 1 aromatic carbocycles. The van der Waals surface area contributed by atoms with E-state index in [1.54, 1.807) is 26.0 Å². The standard InChI is InChI=1S/C15H13N3O4S/c1-3-22-14(20)10-7-16-15-18(13(10)19)11-5-4-9(8(2)17-21)6-12(11)23-15/h4-7,21H,3H2,1-2H3/b17-8-. The number of carbonyl (C=O) groups is 1. The highest BCUT2D eigenvalue weighted by Gasteiger charge is 2.17. The van der Waals surface area contributed by atoms with E-state index in [9.17, 15) is 9.59 Å². The molecule has 0 aliphatic carbocycles. The van der Waals surface area contributed by atoms with Gasteiger partial charge in [0.15, 0.2) is 4.96 Å². The minimum absolute atomic E-state index is 0.0961. The first-order valence-corrected chi connectivity index (χ1v) is 7.69. The number of fused-ring (bicyclic) bond motifs is 3. The second-order valence-electron chi connectivity index (χ2n) is 4.79. The first-order valence-electron chi connectivity index (χ1n) is 6.87. The Hall–Kier alpha value is -2.74. The van der Waals surface area contributed by atoms with Gasteiger partial charge in [0.05, 0.1) is 28.7 Å². The minimum atomic E-state index is -0.682. The van der Waals surface area contributed by atoms with Crippen molar-refractivity contribution in [1.82, 2.24) is 9.38 Å². The molecule has 7 nitrogen and oxygen atoms in total. The monoisotopic (exact) mass is 331 g/mol. The van der Waals surface area contributed by atoms with Crippen LogP contribution in [0.4, 0.5) is 0 Å². The van der Waals surface area contributed by atoms with Crippen LogP contribution < -0.4 is 5.56 Å². The molecule has 23 heavy (non-hydrogen) atoms. The van der Waals surface area contributed by atoms with Gasteiger partial charge in [-0.2, -0.15) is 0 Å². The van der Waals surface area contributed by atoms with Crippen LogP contribution in [0.3, 0.4) is 0 Å². The smallest absolute Gasteiger partial charge is 0.345 e. The van der Waals surface area contributed by atoms with Gasteiger partial charge in [-0.3, -0.25) is 9.20 Å². The van der Waals surface area contributed by atoms with Crippen LogP contribution in [-0.4, -0.2) is 32.9 Å². The number of nitrogens with zero attached hydrogens (tertiary/aromatic N) is 3. The lowest BCUT2D eigenvalue weighted by Gasteiger charge is -2.02. The molecule has 118 valence electrons. The number of benzene rings is 1. The number of hydrogen-bond donors (Lipinski definition) is 1. The summed E-state index contributed by atoms with van der Waals surface area (Å²) in [5.41, 5.74) is 1.30. The predicted octanol–water partition coefficient (Wildman–Crippen LogP) is 2.28. The number of aromatic nitrogens is 2. The Morgan fingerprint density at radius 3 is 2.96 bits per heavy atom. The molecular weight excluding hydrogens is 318 g/mol. The highest BCUT2D eigenvalue weighted by atomic mass is 32.1. The highest BCUT2D eigenvalue weighted by Crippen LogP contribution is 2.25. The summed E-state index contributed by atoms with van der Waals surface area (Å²) in [6.45, 7) is 3.54. The maximum absolute atomic E-state index is 12.6. The zero-order valence-corrected chi connectivity index (χ0v) is 13.3. The number of oxime groups is 1. The largest absolute Gasteiger partial charge is 0.462 e. The van der Waals surface area contributed by atoms with Crippen LogP contribution >= 0.6 is 11.3 Å². The molecule has 0 spiro atoms. The molecule has 1 N–H and O–H groups in total. The van der Waals surface area contributed by atoms with Gasteiger partial charge >= 0.3 is 5.97 Å². The minimum Gasteiger partial charge on any atom is -0.462 e. The summed E-state index contributed by atoms with van der Waals surface area (Å²) in [5, 5.41) is 12.0. The third-order valence-corrected chi connectivity index (χ3v) is 4.41. The van der Waals surface area contributed by atoms with Crippen molar-refractivity contribution in [3.05, 3.63) is 45.9 Å². The summed E-state index contributed by atoms with van der Waals surface area (Å²) >= 11 is 1.31. The van der Waals surface area contributed by atoms with E-state index < -0.39 is 11.5 Å². The van der Waals surface area contributed by atoms with E-state index in [0.29, 0.717) is 16.2 Å². The Morgan fingerprint density at radius 2 is 2.26 bits per heavy atom. The normalized spacial score (nSPS) is 12.0. The molecule has 0 amide bonds. The number of carbonyl (C=O) groups excluding carboxylic acids is 1. The number of thiazole rings is 1. The van der Waals surface area contributed by atoms with E-state index in [1.165, 1.54) is 21.9 Å². The van der Waals surface area contributed by atoms with Crippen LogP contribution in [0, 0.1) is 0 Å². The molecule has 0 saturated carbocycles. The summed E-state index contributed by atoms with van der Waals surface area (Å²) in [6, 6.07) is 5.29. The van der Waals surface area contributed by atoms with Gasteiger partial charge in [-0.05, 0) is 26.0 Å². The molecule has 8 heteroatoms. The van der Waals surface area contributed by atoms with Crippen molar-refractivity contribution in [2.24, 2.45) is 5.16 Å². The Morgan fingerprint density at radius 1 is 1.48 bits per heavy atom. The van der Waals surface area contributed by atoms with Gasteiger partial charge in [-0.25, -0.2) is 9.78 Å². The van der Waals surface area contributed by atoms with Crippen LogP contribution in [0.15, 0.2) is 34.3 Å². The summed E-state index contributed by atoms with van der Waals surface area (Å²) in [7, 11) is 0. The van der Waals surface area contributed by atoms with Crippen molar-refractivity contribution in [2.45, 2.75) is 13.8 Å². The van der Waals surface area contributed by atoms with Crippen molar-refractivity contribution >= 4 is 38.2 Å². The molecule has 3 aromatic rings. The fraction of sp³-hybridized carbons (Fsp3) is 0.200. The third kappa shape index (κ3) is 2.46. The van der Waals surface area contributed by atoms with E-state index in [4.69, 9.17) is 9.94 Å². The summed E-state index contributed by atoms with van der Waals surface area (Å²) in [4.78, 5) is 29.1. The van der Waals surface area contributed by atoms with Crippen molar-refractivity contribution in [2.75, 3.05) is 6.61 Å². The van der Waals surface area contributed by atoms with Crippen LogP contribution in [-0.2, 0) is 4.74 Å². The van der Waals surface area contributed by atoms with E-state index >= 15 is 0 Å². The Kier molecular flexibility index (Phi) is 3.83. The first-order chi connectivity index (χ1) is 11.1. The van der Waals surface area contributed by atoms with Crippen molar-refractivity contribution in [3.8, 4) is 0 Å². The molecule has 0 bridgehead atoms. The number of ether oxygens (including phenoxy) is 1. The van der Waals surface area contributed by atoms with Gasteiger partial charge < -0.3 is 9.94 Å². The molecule has 3 rings (SSSR count). The van der Waals surface area contributed by atoms with Gasteiger partial charge in [0.1, 0.15) is 5.56 Å². The van der Waals surface area contributed by atoms with Crippen molar-refractivity contribution in [1.29, 1.82) is 0 Å². The molecule has 0 atom stereocenters. The van der Waals surface area contributed by atoms with Crippen molar-refractivity contribution < 1.29 is 14.7 Å². The first kappa shape index (κ1) is 15.2. The fourth-order valence-electron chi connectivity index (χ4n) is 2.24. The van der Waals surface area contributed by atoms with Gasteiger partial charge in [0.2, 0.25) is 0 Å². The second-order valence-corrected chi connectivity index (χ2v) is 5.79. The zero-order valence-electron chi connectivity index (χ0n) is 12.4. The Labute approximate surface area is 134 Å². The van der Waals surface area contributed by atoms with E-state index in [1.807, 2.05) is 6.07 Å². The number of esters is 1. The molecule has 0 aliphatic heterocycles.